The molecule has 1 saturated heterocycles. The number of hydrogen-bond acceptors (Lipinski definition) is 3. The Morgan fingerprint density at radius 2 is 1.72 bits per heavy atom. The van der Waals surface area contributed by atoms with Gasteiger partial charge in [0.2, 0.25) is 11.8 Å². The van der Waals surface area contributed by atoms with Crippen LogP contribution in [0.4, 0.5) is 0 Å². The first-order valence-electron chi connectivity index (χ1n) is 6.86. The number of nitrogens with zero attached hydrogens (tertiary/aromatic N) is 1. The molecule has 4 unspecified atom stereocenters. The van der Waals surface area contributed by atoms with Crippen molar-refractivity contribution in [3.05, 3.63) is 12.2 Å². The summed E-state index contributed by atoms with van der Waals surface area (Å²) in [6.45, 7) is 0.0787. The van der Waals surface area contributed by atoms with E-state index in [0.29, 0.717) is 12.8 Å². The molecular weight excluding hydrogens is 230 g/mol. The van der Waals surface area contributed by atoms with E-state index in [-0.39, 0.29) is 42.2 Å². The van der Waals surface area contributed by atoms with E-state index in [4.69, 9.17) is 0 Å². The minimum Gasteiger partial charge on any atom is -0.396 e. The fraction of sp³-hybridized carbons (Fsp3) is 0.714. The van der Waals surface area contributed by atoms with Crippen LogP contribution in [-0.2, 0) is 9.59 Å². The summed E-state index contributed by atoms with van der Waals surface area (Å²) in [5.74, 6) is -0.185. The van der Waals surface area contributed by atoms with Crippen molar-refractivity contribution in [1.82, 2.24) is 4.90 Å². The van der Waals surface area contributed by atoms with E-state index in [1.165, 1.54) is 4.90 Å². The number of allylic oxidation sites excluding steroid dienone is 2. The molecule has 1 saturated carbocycles. The highest BCUT2D eigenvalue weighted by Gasteiger charge is 2.51. The second kappa shape index (κ2) is 4.50. The molecule has 18 heavy (non-hydrogen) atoms. The molecule has 4 heteroatoms. The zero-order valence-electron chi connectivity index (χ0n) is 10.4. The van der Waals surface area contributed by atoms with Crippen LogP contribution in [0.1, 0.15) is 32.1 Å². The van der Waals surface area contributed by atoms with E-state index in [1.54, 1.807) is 0 Å². The van der Waals surface area contributed by atoms with Crippen LogP contribution in [0.5, 0.6) is 0 Å². The summed E-state index contributed by atoms with van der Waals surface area (Å²) >= 11 is 0. The molecule has 2 amide bonds. The SMILES string of the molecule is O=C1C2CC=CCC2C(=O)N1C1CCCC1CO. The van der Waals surface area contributed by atoms with E-state index >= 15 is 0 Å². The molecule has 3 aliphatic rings. The number of rotatable bonds is 2. The average molecular weight is 249 g/mol. The van der Waals surface area contributed by atoms with Gasteiger partial charge in [0, 0.05) is 18.6 Å². The minimum atomic E-state index is -0.137. The quantitative estimate of drug-likeness (QED) is 0.589. The number of imide groups is 1. The minimum absolute atomic E-state index is 0.000278. The molecule has 0 bridgehead atoms. The van der Waals surface area contributed by atoms with Gasteiger partial charge < -0.3 is 5.11 Å². The van der Waals surface area contributed by atoms with Gasteiger partial charge >= 0.3 is 0 Å². The van der Waals surface area contributed by atoms with Crippen LogP contribution < -0.4 is 0 Å². The lowest BCUT2D eigenvalue weighted by molar-refractivity contribution is -0.143. The Hall–Kier alpha value is -1.16. The molecule has 0 spiro atoms. The van der Waals surface area contributed by atoms with Gasteiger partial charge in [-0.1, -0.05) is 18.6 Å². The molecule has 4 atom stereocenters. The number of amides is 2. The Morgan fingerprint density at radius 1 is 1.11 bits per heavy atom. The van der Waals surface area contributed by atoms with Crippen molar-refractivity contribution in [2.45, 2.75) is 38.1 Å². The number of aliphatic hydroxyl groups excluding tert-OH is 1. The van der Waals surface area contributed by atoms with Gasteiger partial charge in [-0.2, -0.15) is 0 Å². The first-order valence-corrected chi connectivity index (χ1v) is 6.86. The van der Waals surface area contributed by atoms with Gasteiger partial charge in [0.25, 0.3) is 0 Å². The normalized spacial score (nSPS) is 39.5. The van der Waals surface area contributed by atoms with E-state index in [0.717, 1.165) is 19.3 Å². The van der Waals surface area contributed by atoms with E-state index in [1.807, 2.05) is 12.2 Å². The standard InChI is InChI=1S/C14H19NO3/c16-8-9-4-3-7-12(9)15-13(17)10-5-1-2-6-11(10)14(15)18/h1-2,9-12,16H,3-8H2. The molecule has 3 rings (SSSR count). The van der Waals surface area contributed by atoms with Gasteiger partial charge in [-0.05, 0) is 25.7 Å². The van der Waals surface area contributed by atoms with Crippen molar-refractivity contribution in [2.24, 2.45) is 17.8 Å². The number of likely N-dealkylation sites (tertiary alicyclic amines) is 1. The van der Waals surface area contributed by atoms with E-state index < -0.39 is 0 Å². The molecule has 2 aliphatic carbocycles. The summed E-state index contributed by atoms with van der Waals surface area (Å²) in [4.78, 5) is 26.3. The second-order valence-corrected chi connectivity index (χ2v) is 5.64. The van der Waals surface area contributed by atoms with Crippen molar-refractivity contribution in [1.29, 1.82) is 0 Å². The summed E-state index contributed by atoms with van der Waals surface area (Å²) in [5.41, 5.74) is 0. The number of fused-ring (bicyclic) bond motifs is 1. The summed E-state index contributed by atoms with van der Waals surface area (Å²) in [5, 5.41) is 9.37. The fourth-order valence-electron chi connectivity index (χ4n) is 3.72. The van der Waals surface area contributed by atoms with Gasteiger partial charge in [-0.3, -0.25) is 14.5 Å². The molecule has 0 aromatic carbocycles. The lowest BCUT2D eigenvalue weighted by Crippen LogP contribution is -2.43. The van der Waals surface area contributed by atoms with Gasteiger partial charge in [0.1, 0.15) is 0 Å². The Kier molecular flexibility index (Phi) is 2.98. The first-order chi connectivity index (χ1) is 8.74. The summed E-state index contributed by atoms with van der Waals surface area (Å²) in [7, 11) is 0. The van der Waals surface area contributed by atoms with Crippen molar-refractivity contribution in [3.8, 4) is 0 Å². The maximum atomic E-state index is 12.4. The Bertz CT molecular complexity index is 378. The van der Waals surface area contributed by atoms with Crippen LogP contribution in [0.25, 0.3) is 0 Å². The van der Waals surface area contributed by atoms with Crippen molar-refractivity contribution >= 4 is 11.8 Å². The third kappa shape index (κ3) is 1.62. The number of carbonyl (C=O) groups excluding carboxylic acids is 2. The smallest absolute Gasteiger partial charge is 0.233 e. The number of carbonyl (C=O) groups is 2. The number of aliphatic hydroxyl groups is 1. The molecule has 1 aliphatic heterocycles. The highest BCUT2D eigenvalue weighted by atomic mass is 16.3. The molecule has 1 heterocycles. The summed E-state index contributed by atoms with van der Waals surface area (Å²) < 4.78 is 0. The van der Waals surface area contributed by atoms with Gasteiger partial charge in [-0.15, -0.1) is 0 Å². The summed E-state index contributed by atoms with van der Waals surface area (Å²) in [6, 6.07) is -0.0550. The predicted octanol–water partition coefficient (Wildman–Crippen LogP) is 1.10. The second-order valence-electron chi connectivity index (χ2n) is 5.64. The van der Waals surface area contributed by atoms with E-state index in [2.05, 4.69) is 0 Å². The van der Waals surface area contributed by atoms with Crippen LogP contribution in [0.2, 0.25) is 0 Å². The lowest BCUT2D eigenvalue weighted by atomic mass is 9.85. The van der Waals surface area contributed by atoms with Crippen LogP contribution >= 0.6 is 0 Å². The third-order valence-corrected chi connectivity index (χ3v) is 4.73. The molecule has 4 nitrogen and oxygen atoms in total. The summed E-state index contributed by atoms with van der Waals surface area (Å²) in [6.07, 6.45) is 8.19. The molecule has 98 valence electrons. The average Bonchev–Trinajstić information content (AvgIpc) is 2.95. The van der Waals surface area contributed by atoms with Crippen molar-refractivity contribution in [3.63, 3.8) is 0 Å². The van der Waals surface area contributed by atoms with Crippen molar-refractivity contribution < 1.29 is 14.7 Å². The Labute approximate surface area is 107 Å². The highest BCUT2D eigenvalue weighted by Crippen LogP contribution is 2.40. The van der Waals surface area contributed by atoms with Crippen LogP contribution in [0.15, 0.2) is 12.2 Å². The van der Waals surface area contributed by atoms with E-state index in [9.17, 15) is 14.7 Å². The van der Waals surface area contributed by atoms with Gasteiger partial charge in [-0.25, -0.2) is 0 Å². The van der Waals surface area contributed by atoms with Gasteiger partial charge in [0.05, 0.1) is 11.8 Å². The zero-order valence-corrected chi connectivity index (χ0v) is 10.4. The first kappa shape index (κ1) is 11.9. The fourth-order valence-corrected chi connectivity index (χ4v) is 3.72. The molecule has 0 radical (unpaired) electrons. The van der Waals surface area contributed by atoms with Crippen LogP contribution in [-0.4, -0.2) is 34.5 Å². The lowest BCUT2D eigenvalue weighted by Gasteiger charge is -2.27. The monoisotopic (exact) mass is 249 g/mol. The van der Waals surface area contributed by atoms with Gasteiger partial charge in [0.15, 0.2) is 0 Å². The zero-order chi connectivity index (χ0) is 12.7. The molecule has 2 fully saturated rings. The molecule has 1 N–H and O–H groups in total. The van der Waals surface area contributed by atoms with Crippen molar-refractivity contribution in [2.75, 3.05) is 6.61 Å². The van der Waals surface area contributed by atoms with Crippen LogP contribution in [0, 0.1) is 17.8 Å². The topological polar surface area (TPSA) is 57.6 Å². The largest absolute Gasteiger partial charge is 0.396 e. The predicted molar refractivity (Wildman–Crippen MR) is 65.4 cm³/mol. The Morgan fingerprint density at radius 3 is 2.28 bits per heavy atom. The Balaban J connectivity index is 1.85. The third-order valence-electron chi connectivity index (χ3n) is 4.73. The van der Waals surface area contributed by atoms with Crippen LogP contribution in [0.3, 0.4) is 0 Å². The number of hydrogen-bond donors (Lipinski definition) is 1. The highest BCUT2D eigenvalue weighted by molar-refractivity contribution is 6.05. The molecular formula is C14H19NO3. The maximum Gasteiger partial charge on any atom is 0.233 e. The maximum absolute atomic E-state index is 12.4. The molecule has 0 aromatic rings. The molecule has 0 aromatic heterocycles.